The highest BCUT2D eigenvalue weighted by molar-refractivity contribution is 7.10. The van der Waals surface area contributed by atoms with E-state index in [1.165, 1.54) is 6.07 Å². The molecule has 38 valence electrons. The van der Waals surface area contributed by atoms with E-state index in [1.807, 2.05) is 0 Å². The van der Waals surface area contributed by atoms with Crippen molar-refractivity contribution >= 4 is 23.1 Å². The van der Waals surface area contributed by atoms with Gasteiger partial charge in [-0.05, 0) is 17.6 Å². The number of nitrogens with zero attached hydrogens (tertiary/aromatic N) is 1. The molecule has 0 atom stereocenters. The number of hydrogen-bond donors (Lipinski definition) is 0. The molecule has 0 unspecified atom stereocenters. The van der Waals surface area contributed by atoms with Crippen LogP contribution in [-0.2, 0) is 0 Å². The van der Waals surface area contributed by atoms with Crippen LogP contribution in [0.4, 0.5) is 0 Å². The Kier molecular flexibility index (Phi) is 1.17. The van der Waals surface area contributed by atoms with Crippen LogP contribution in [0.5, 0.6) is 5.88 Å². The zero-order chi connectivity index (χ0) is 5.28. The van der Waals surface area contributed by atoms with Crippen LogP contribution in [0.1, 0.15) is 0 Å². The topological polar surface area (TPSA) is 36.0 Å². The summed E-state index contributed by atoms with van der Waals surface area (Å²) in [5, 5.41) is 10.1. The first kappa shape index (κ1) is 4.87. The first-order valence-corrected chi connectivity index (χ1v) is 2.73. The Bertz CT molecular complexity index is 147. The molecule has 0 aromatic carbocycles. The summed E-state index contributed by atoms with van der Waals surface area (Å²) in [4.78, 5) is 0. The van der Waals surface area contributed by atoms with Gasteiger partial charge in [-0.1, -0.05) is 11.6 Å². The summed E-state index contributed by atoms with van der Waals surface area (Å²) in [6.07, 6.45) is 0. The Balaban J connectivity index is 3.04. The zero-order valence-electron chi connectivity index (χ0n) is 3.22. The van der Waals surface area contributed by atoms with Gasteiger partial charge in [-0.3, -0.25) is 0 Å². The van der Waals surface area contributed by atoms with Crippen molar-refractivity contribution in [2.45, 2.75) is 0 Å². The summed E-state index contributed by atoms with van der Waals surface area (Å²) in [6.45, 7) is 0. The fourth-order valence-electron chi connectivity index (χ4n) is 0.238. The molecule has 0 bridgehead atoms. The van der Waals surface area contributed by atoms with Gasteiger partial charge in [0.1, 0.15) is 4.34 Å². The number of hydrogen-bond acceptors (Lipinski definition) is 3. The van der Waals surface area contributed by atoms with Crippen molar-refractivity contribution < 1.29 is 5.11 Å². The van der Waals surface area contributed by atoms with Crippen LogP contribution in [0.25, 0.3) is 0 Å². The fourth-order valence-corrected chi connectivity index (χ4v) is 0.819. The highest BCUT2D eigenvalue weighted by atomic mass is 35.5. The highest BCUT2D eigenvalue weighted by Crippen LogP contribution is 2.17. The predicted octanol–water partition coefficient (Wildman–Crippen LogP) is 0.870. The van der Waals surface area contributed by atoms with Crippen molar-refractivity contribution in [3.8, 4) is 5.88 Å². The molecule has 0 saturated carbocycles. The van der Waals surface area contributed by atoms with Gasteiger partial charge in [-0.25, -0.2) is 4.37 Å². The van der Waals surface area contributed by atoms with Gasteiger partial charge in [0, 0.05) is 5.88 Å². The van der Waals surface area contributed by atoms with Crippen LogP contribution < -0.4 is 5.11 Å². The second-order valence-electron chi connectivity index (χ2n) is 0.969. The van der Waals surface area contributed by atoms with Crippen LogP contribution in [0, 0.1) is 0 Å². The molecular formula is C3HClNOS-. The van der Waals surface area contributed by atoms with E-state index >= 15 is 0 Å². The van der Waals surface area contributed by atoms with Gasteiger partial charge < -0.3 is 5.11 Å². The van der Waals surface area contributed by atoms with Gasteiger partial charge in [0.2, 0.25) is 0 Å². The van der Waals surface area contributed by atoms with Crippen molar-refractivity contribution in [1.29, 1.82) is 0 Å². The maximum Gasteiger partial charge on any atom is 0.113 e. The second-order valence-corrected chi connectivity index (χ2v) is 2.41. The molecule has 1 aromatic rings. The lowest BCUT2D eigenvalue weighted by atomic mass is 10.7. The molecule has 0 saturated heterocycles. The normalized spacial score (nSPS) is 9.29. The Morgan fingerprint density at radius 1 is 1.86 bits per heavy atom. The summed E-state index contributed by atoms with van der Waals surface area (Å²) in [5.41, 5.74) is 0. The highest BCUT2D eigenvalue weighted by Gasteiger charge is 1.84. The molecule has 0 spiro atoms. The predicted molar refractivity (Wildman–Crippen MR) is 26.6 cm³/mol. The molecule has 0 aliphatic rings. The largest absolute Gasteiger partial charge is 0.858 e. The summed E-state index contributed by atoms with van der Waals surface area (Å²) >= 11 is 6.32. The Labute approximate surface area is 49.5 Å². The van der Waals surface area contributed by atoms with Gasteiger partial charge in [0.25, 0.3) is 0 Å². The first-order valence-electron chi connectivity index (χ1n) is 1.58. The summed E-state index contributed by atoms with van der Waals surface area (Å²) in [7, 11) is 0. The lowest BCUT2D eigenvalue weighted by Crippen LogP contribution is -1.85. The van der Waals surface area contributed by atoms with Gasteiger partial charge in [0.15, 0.2) is 0 Å². The Hall–Kier alpha value is -0.280. The van der Waals surface area contributed by atoms with E-state index in [2.05, 4.69) is 4.37 Å². The van der Waals surface area contributed by atoms with E-state index in [9.17, 15) is 5.11 Å². The third-order valence-corrected chi connectivity index (χ3v) is 1.34. The van der Waals surface area contributed by atoms with Gasteiger partial charge >= 0.3 is 0 Å². The summed E-state index contributed by atoms with van der Waals surface area (Å²) in [5.74, 6) is -0.255. The molecule has 4 heteroatoms. The van der Waals surface area contributed by atoms with Crippen LogP contribution in [0.2, 0.25) is 4.34 Å². The van der Waals surface area contributed by atoms with Gasteiger partial charge in [-0.15, -0.1) is 0 Å². The lowest BCUT2D eigenvalue weighted by Gasteiger charge is -1.88. The first-order chi connectivity index (χ1) is 3.29. The Morgan fingerprint density at radius 2 is 2.57 bits per heavy atom. The average Bonchev–Trinajstić information content (AvgIpc) is 1.87. The molecule has 1 rings (SSSR count). The monoisotopic (exact) mass is 134 g/mol. The number of halogens is 1. The fraction of sp³-hybridized carbons (Fsp3) is 0. The van der Waals surface area contributed by atoms with Crippen molar-refractivity contribution in [3.05, 3.63) is 10.4 Å². The van der Waals surface area contributed by atoms with Crippen LogP contribution in [0.15, 0.2) is 6.07 Å². The average molecular weight is 135 g/mol. The third-order valence-electron chi connectivity index (χ3n) is 0.460. The van der Waals surface area contributed by atoms with Crippen LogP contribution >= 0.6 is 23.1 Å². The summed E-state index contributed by atoms with van der Waals surface area (Å²) in [6, 6.07) is 1.28. The smallest absolute Gasteiger partial charge is 0.113 e. The van der Waals surface area contributed by atoms with Crippen molar-refractivity contribution in [2.24, 2.45) is 0 Å². The standard InChI is InChI=1S/C3H2ClNOS/c4-2-1-3(6)5-7-2/h1H,(H,5,6)/p-1. The minimum absolute atomic E-state index is 0.255. The second kappa shape index (κ2) is 1.68. The van der Waals surface area contributed by atoms with Gasteiger partial charge in [0.05, 0.1) is 0 Å². The maximum atomic E-state index is 10.1. The van der Waals surface area contributed by atoms with Crippen molar-refractivity contribution in [3.63, 3.8) is 0 Å². The zero-order valence-corrected chi connectivity index (χ0v) is 4.79. The molecule has 1 aromatic heterocycles. The third kappa shape index (κ3) is 1.04. The molecule has 0 aliphatic heterocycles. The molecule has 0 N–H and O–H groups in total. The minimum Gasteiger partial charge on any atom is -0.858 e. The van der Waals surface area contributed by atoms with E-state index in [4.69, 9.17) is 11.6 Å². The minimum atomic E-state index is -0.255. The number of aromatic nitrogens is 1. The molecule has 0 fully saturated rings. The molecule has 2 nitrogen and oxygen atoms in total. The molecular weight excluding hydrogens is 134 g/mol. The SMILES string of the molecule is [O-]c1cc(Cl)sn1. The van der Waals surface area contributed by atoms with Crippen LogP contribution in [-0.4, -0.2) is 4.37 Å². The molecule has 0 amide bonds. The number of rotatable bonds is 0. The molecule has 0 radical (unpaired) electrons. The van der Waals surface area contributed by atoms with Gasteiger partial charge in [-0.2, -0.15) is 0 Å². The van der Waals surface area contributed by atoms with Crippen molar-refractivity contribution in [2.75, 3.05) is 0 Å². The quantitative estimate of drug-likeness (QED) is 0.528. The lowest BCUT2D eigenvalue weighted by molar-refractivity contribution is -0.273. The van der Waals surface area contributed by atoms with E-state index in [-0.39, 0.29) is 5.88 Å². The maximum absolute atomic E-state index is 10.1. The molecule has 0 aliphatic carbocycles. The molecule has 7 heavy (non-hydrogen) atoms. The van der Waals surface area contributed by atoms with E-state index in [0.717, 1.165) is 11.5 Å². The van der Waals surface area contributed by atoms with E-state index in [0.29, 0.717) is 4.34 Å². The van der Waals surface area contributed by atoms with E-state index < -0.39 is 0 Å². The van der Waals surface area contributed by atoms with E-state index in [1.54, 1.807) is 0 Å². The Morgan fingerprint density at radius 3 is 2.71 bits per heavy atom. The van der Waals surface area contributed by atoms with Crippen molar-refractivity contribution in [1.82, 2.24) is 4.37 Å². The van der Waals surface area contributed by atoms with Crippen LogP contribution in [0.3, 0.4) is 0 Å². The summed E-state index contributed by atoms with van der Waals surface area (Å²) < 4.78 is 3.82. The molecule has 1 heterocycles.